The number of rotatable bonds is 2. The Morgan fingerprint density at radius 1 is 0.882 bits per heavy atom. The zero-order valence-corrected chi connectivity index (χ0v) is 10.6. The molecule has 0 spiro atoms. The van der Waals surface area contributed by atoms with E-state index in [-0.39, 0.29) is 0 Å². The summed E-state index contributed by atoms with van der Waals surface area (Å²) in [5.74, 6) is 6.45. The maximum absolute atomic E-state index is 3.26. The van der Waals surface area contributed by atoms with Crippen molar-refractivity contribution in [3.05, 3.63) is 66.2 Å². The van der Waals surface area contributed by atoms with Crippen LogP contribution in [0.1, 0.15) is 12.5 Å². The highest BCUT2D eigenvalue weighted by atomic mass is 32.2. The second-order valence-electron chi connectivity index (χ2n) is 3.71. The van der Waals surface area contributed by atoms with Crippen LogP contribution in [0.2, 0.25) is 0 Å². The fraction of sp³-hybridized carbons (Fsp3) is 0.125. The van der Waals surface area contributed by atoms with Gasteiger partial charge < -0.3 is 0 Å². The molecule has 0 amide bonds. The van der Waals surface area contributed by atoms with Gasteiger partial charge in [-0.25, -0.2) is 0 Å². The van der Waals surface area contributed by atoms with Crippen LogP contribution >= 0.6 is 11.8 Å². The maximum Gasteiger partial charge on any atom is 0.0679 e. The molecule has 1 unspecified atom stereocenters. The summed E-state index contributed by atoms with van der Waals surface area (Å²) in [6.45, 7) is 2.13. The third kappa shape index (κ3) is 4.01. The number of benzene rings is 2. The summed E-state index contributed by atoms with van der Waals surface area (Å²) in [4.78, 5) is 1.27. The molecule has 0 aromatic heterocycles. The van der Waals surface area contributed by atoms with Crippen molar-refractivity contribution in [1.29, 1.82) is 0 Å². The van der Waals surface area contributed by atoms with E-state index in [0.29, 0.717) is 5.25 Å². The zero-order chi connectivity index (χ0) is 11.9. The Labute approximate surface area is 107 Å². The lowest BCUT2D eigenvalue weighted by molar-refractivity contribution is 1.28. The Morgan fingerprint density at radius 2 is 1.47 bits per heavy atom. The lowest BCUT2D eigenvalue weighted by Gasteiger charge is -2.02. The normalized spacial score (nSPS) is 11.4. The van der Waals surface area contributed by atoms with Crippen LogP contribution in [0.5, 0.6) is 0 Å². The molecule has 2 aromatic carbocycles. The molecule has 17 heavy (non-hydrogen) atoms. The van der Waals surface area contributed by atoms with Crippen molar-refractivity contribution in [2.75, 3.05) is 0 Å². The minimum Gasteiger partial charge on any atom is -0.110 e. The zero-order valence-electron chi connectivity index (χ0n) is 9.76. The molecule has 0 aliphatic heterocycles. The summed E-state index contributed by atoms with van der Waals surface area (Å²) in [5, 5.41) is 0.303. The van der Waals surface area contributed by atoms with Gasteiger partial charge in [0.1, 0.15) is 0 Å². The first-order chi connectivity index (χ1) is 8.34. The molecule has 0 saturated carbocycles. The van der Waals surface area contributed by atoms with Gasteiger partial charge in [-0.1, -0.05) is 48.2 Å². The minimum absolute atomic E-state index is 0.303. The van der Waals surface area contributed by atoms with Gasteiger partial charge in [-0.15, -0.1) is 11.8 Å². The summed E-state index contributed by atoms with van der Waals surface area (Å²) in [5.41, 5.74) is 1.08. The Bertz CT molecular complexity index is 505. The number of thioether (sulfide) groups is 1. The van der Waals surface area contributed by atoms with Gasteiger partial charge in [0.2, 0.25) is 0 Å². The van der Waals surface area contributed by atoms with Crippen molar-refractivity contribution in [2.24, 2.45) is 0 Å². The van der Waals surface area contributed by atoms with Crippen molar-refractivity contribution >= 4 is 11.8 Å². The lowest BCUT2D eigenvalue weighted by atomic mass is 10.2. The van der Waals surface area contributed by atoms with Crippen LogP contribution in [-0.2, 0) is 0 Å². The van der Waals surface area contributed by atoms with Crippen molar-refractivity contribution in [3.63, 3.8) is 0 Å². The first-order valence-electron chi connectivity index (χ1n) is 5.63. The Balaban J connectivity index is 1.99. The average Bonchev–Trinajstić information content (AvgIpc) is 2.39. The summed E-state index contributed by atoms with van der Waals surface area (Å²) < 4.78 is 0. The van der Waals surface area contributed by atoms with Gasteiger partial charge in [-0.05, 0) is 31.2 Å². The van der Waals surface area contributed by atoms with E-state index >= 15 is 0 Å². The summed E-state index contributed by atoms with van der Waals surface area (Å²) in [6, 6.07) is 20.5. The van der Waals surface area contributed by atoms with Crippen LogP contribution in [0.15, 0.2) is 65.6 Å². The molecule has 0 aliphatic rings. The first-order valence-corrected chi connectivity index (χ1v) is 6.51. The van der Waals surface area contributed by atoms with Gasteiger partial charge >= 0.3 is 0 Å². The average molecular weight is 238 g/mol. The minimum atomic E-state index is 0.303. The second kappa shape index (κ2) is 6.18. The topological polar surface area (TPSA) is 0 Å². The van der Waals surface area contributed by atoms with Crippen LogP contribution in [0, 0.1) is 11.8 Å². The van der Waals surface area contributed by atoms with Gasteiger partial charge in [0.05, 0.1) is 5.25 Å². The molecule has 0 heterocycles. The van der Waals surface area contributed by atoms with Gasteiger partial charge in [-0.3, -0.25) is 0 Å². The highest BCUT2D eigenvalue weighted by molar-refractivity contribution is 8.00. The van der Waals surface area contributed by atoms with Crippen molar-refractivity contribution in [1.82, 2.24) is 0 Å². The third-order valence-corrected chi connectivity index (χ3v) is 3.27. The Hall–Kier alpha value is -1.65. The molecule has 84 valence electrons. The van der Waals surface area contributed by atoms with Gasteiger partial charge in [-0.2, -0.15) is 0 Å². The van der Waals surface area contributed by atoms with Crippen LogP contribution in [0.4, 0.5) is 0 Å². The third-order valence-electron chi connectivity index (χ3n) is 2.25. The highest BCUT2D eigenvalue weighted by Crippen LogP contribution is 2.21. The maximum atomic E-state index is 3.26. The van der Waals surface area contributed by atoms with E-state index in [0.717, 1.165) is 5.56 Å². The van der Waals surface area contributed by atoms with E-state index in [2.05, 4.69) is 43.0 Å². The molecule has 0 bridgehead atoms. The molecule has 2 aromatic rings. The molecule has 1 atom stereocenters. The van der Waals surface area contributed by atoms with Gasteiger partial charge in [0.15, 0.2) is 0 Å². The molecular weight excluding hydrogens is 224 g/mol. The number of hydrogen-bond acceptors (Lipinski definition) is 1. The summed E-state index contributed by atoms with van der Waals surface area (Å²) in [6.07, 6.45) is 0. The fourth-order valence-electron chi connectivity index (χ4n) is 1.44. The van der Waals surface area contributed by atoms with E-state index in [4.69, 9.17) is 0 Å². The molecule has 0 fully saturated rings. The lowest BCUT2D eigenvalue weighted by Crippen LogP contribution is -1.90. The predicted octanol–water partition coefficient (Wildman–Crippen LogP) is 4.22. The standard InChI is InChI=1S/C16H14S/c1-14(17-16-10-6-3-7-11-16)12-13-15-8-4-2-5-9-15/h2-11,14H,1H3. The van der Waals surface area contributed by atoms with Crippen molar-refractivity contribution in [3.8, 4) is 11.8 Å². The SMILES string of the molecule is CC(C#Cc1ccccc1)Sc1ccccc1. The van der Waals surface area contributed by atoms with E-state index in [1.54, 1.807) is 11.8 Å². The van der Waals surface area contributed by atoms with E-state index in [1.165, 1.54) is 4.90 Å². The molecule has 0 nitrogen and oxygen atoms in total. The predicted molar refractivity (Wildman–Crippen MR) is 75.1 cm³/mol. The molecule has 0 aliphatic carbocycles. The second-order valence-corrected chi connectivity index (χ2v) is 5.12. The van der Waals surface area contributed by atoms with E-state index in [1.807, 2.05) is 36.4 Å². The summed E-state index contributed by atoms with van der Waals surface area (Å²) in [7, 11) is 0. The van der Waals surface area contributed by atoms with Gasteiger partial charge in [0.25, 0.3) is 0 Å². The Kier molecular flexibility index (Phi) is 4.30. The smallest absolute Gasteiger partial charge is 0.0679 e. The quantitative estimate of drug-likeness (QED) is 0.557. The van der Waals surface area contributed by atoms with E-state index < -0.39 is 0 Å². The first kappa shape index (κ1) is 11.8. The molecule has 2 rings (SSSR count). The van der Waals surface area contributed by atoms with Crippen LogP contribution in [-0.4, -0.2) is 5.25 Å². The van der Waals surface area contributed by atoms with Gasteiger partial charge in [0, 0.05) is 10.5 Å². The monoisotopic (exact) mass is 238 g/mol. The van der Waals surface area contributed by atoms with E-state index in [9.17, 15) is 0 Å². The molecular formula is C16H14S. The molecule has 0 radical (unpaired) electrons. The fourth-order valence-corrected chi connectivity index (χ4v) is 2.28. The van der Waals surface area contributed by atoms with Crippen molar-refractivity contribution < 1.29 is 0 Å². The Morgan fingerprint density at radius 3 is 2.12 bits per heavy atom. The largest absolute Gasteiger partial charge is 0.110 e. The highest BCUT2D eigenvalue weighted by Gasteiger charge is 1.98. The number of hydrogen-bond donors (Lipinski definition) is 0. The van der Waals surface area contributed by atoms with Crippen molar-refractivity contribution in [2.45, 2.75) is 17.1 Å². The van der Waals surface area contributed by atoms with Crippen LogP contribution in [0.3, 0.4) is 0 Å². The van der Waals surface area contributed by atoms with Crippen LogP contribution < -0.4 is 0 Å². The molecule has 1 heteroatoms. The molecule has 0 saturated heterocycles. The molecule has 0 N–H and O–H groups in total. The summed E-state index contributed by atoms with van der Waals surface area (Å²) >= 11 is 1.79. The van der Waals surface area contributed by atoms with Crippen LogP contribution in [0.25, 0.3) is 0 Å².